The molecular weight excluding hydrogens is 248 g/mol. The van der Waals surface area contributed by atoms with Gasteiger partial charge in [0.25, 0.3) is 0 Å². The molecule has 0 bridgehead atoms. The van der Waals surface area contributed by atoms with Gasteiger partial charge in [0, 0.05) is 5.56 Å². The maximum atomic E-state index is 10.1. The summed E-state index contributed by atoms with van der Waals surface area (Å²) < 4.78 is 0. The first-order valence-corrected chi connectivity index (χ1v) is 6.72. The summed E-state index contributed by atoms with van der Waals surface area (Å²) in [5.41, 5.74) is 1.59. The normalized spacial score (nSPS) is 16.5. The summed E-state index contributed by atoms with van der Waals surface area (Å²) in [6, 6.07) is 16.3. The van der Waals surface area contributed by atoms with Crippen LogP contribution in [0, 0.1) is 0 Å². The average Bonchev–Trinajstić information content (AvgIpc) is 2.44. The number of fused-ring (bicyclic) bond motifs is 4. The number of rotatable bonds is 0. The van der Waals surface area contributed by atoms with Crippen molar-refractivity contribution in [3.8, 4) is 0 Å². The Morgan fingerprint density at radius 1 is 0.850 bits per heavy atom. The molecule has 2 N–H and O–H groups in total. The Kier molecular flexibility index (Phi) is 2.28. The van der Waals surface area contributed by atoms with Gasteiger partial charge in [0.15, 0.2) is 0 Å². The predicted molar refractivity (Wildman–Crippen MR) is 80.4 cm³/mol. The van der Waals surface area contributed by atoms with E-state index in [0.29, 0.717) is 5.56 Å². The summed E-state index contributed by atoms with van der Waals surface area (Å²) in [5.74, 6) is -1.85. The molecule has 0 saturated heterocycles. The van der Waals surface area contributed by atoms with Crippen LogP contribution in [0.25, 0.3) is 21.5 Å². The minimum absolute atomic E-state index is 0.586. The summed E-state index contributed by atoms with van der Waals surface area (Å²) >= 11 is 0. The van der Waals surface area contributed by atoms with Crippen LogP contribution >= 0.6 is 0 Å². The van der Waals surface area contributed by atoms with E-state index < -0.39 is 5.79 Å². The molecule has 0 fully saturated rings. The fourth-order valence-corrected chi connectivity index (χ4v) is 3.07. The zero-order chi connectivity index (χ0) is 13.7. The van der Waals surface area contributed by atoms with E-state index in [-0.39, 0.29) is 0 Å². The molecule has 0 unspecified atom stereocenters. The van der Waals surface area contributed by atoms with E-state index in [4.69, 9.17) is 0 Å². The fraction of sp³-hybridized carbons (Fsp3) is 0.111. The molecule has 2 heteroatoms. The second-order valence-corrected chi connectivity index (χ2v) is 5.34. The summed E-state index contributed by atoms with van der Waals surface area (Å²) in [4.78, 5) is 0. The van der Waals surface area contributed by atoms with Gasteiger partial charge in [0.05, 0.1) is 0 Å². The lowest BCUT2D eigenvalue weighted by Gasteiger charge is -2.26. The van der Waals surface area contributed by atoms with Gasteiger partial charge in [0.2, 0.25) is 5.79 Å². The molecule has 0 heterocycles. The van der Waals surface area contributed by atoms with Crippen molar-refractivity contribution < 1.29 is 10.2 Å². The maximum absolute atomic E-state index is 10.1. The molecule has 98 valence electrons. The van der Waals surface area contributed by atoms with Gasteiger partial charge in [-0.05, 0) is 51.7 Å². The fourth-order valence-electron chi connectivity index (χ4n) is 3.07. The topological polar surface area (TPSA) is 40.5 Å². The molecule has 0 aromatic heterocycles. The Balaban J connectivity index is 2.11. The summed E-state index contributed by atoms with van der Waals surface area (Å²) in [5, 5.41) is 24.7. The first-order chi connectivity index (χ1) is 9.65. The highest BCUT2D eigenvalue weighted by Gasteiger charge is 2.28. The molecule has 1 aliphatic carbocycles. The lowest BCUT2D eigenvalue weighted by atomic mass is 9.87. The van der Waals surface area contributed by atoms with Gasteiger partial charge in [-0.25, -0.2) is 0 Å². The highest BCUT2D eigenvalue weighted by Crippen LogP contribution is 2.35. The molecule has 20 heavy (non-hydrogen) atoms. The van der Waals surface area contributed by atoms with E-state index in [1.807, 2.05) is 30.3 Å². The van der Waals surface area contributed by atoms with Crippen LogP contribution < -0.4 is 0 Å². The number of hydrogen-bond donors (Lipinski definition) is 2. The lowest BCUT2D eigenvalue weighted by molar-refractivity contribution is -0.126. The predicted octanol–water partition coefficient (Wildman–Crippen LogP) is 3.24. The Morgan fingerprint density at radius 2 is 1.60 bits per heavy atom. The minimum atomic E-state index is -1.85. The highest BCUT2D eigenvalue weighted by molar-refractivity contribution is 6.00. The van der Waals surface area contributed by atoms with Gasteiger partial charge < -0.3 is 10.2 Å². The maximum Gasteiger partial charge on any atom is 0.210 e. The van der Waals surface area contributed by atoms with E-state index in [1.165, 1.54) is 16.8 Å². The van der Waals surface area contributed by atoms with Crippen LogP contribution in [0.4, 0.5) is 0 Å². The Bertz CT molecular complexity index is 860. The standard InChI is InChI=1S/C18H14O2/c19-18(20)9-3-6-15-16-11-13-5-2-1-4-12(13)10-14(16)7-8-17(15)18/h1-5,7-11,19-20H,6H2. The van der Waals surface area contributed by atoms with Crippen molar-refractivity contribution in [1.29, 1.82) is 0 Å². The quantitative estimate of drug-likeness (QED) is 0.371. The van der Waals surface area contributed by atoms with Crippen molar-refractivity contribution in [3.05, 3.63) is 71.8 Å². The first kappa shape index (κ1) is 11.6. The zero-order valence-electron chi connectivity index (χ0n) is 10.9. The van der Waals surface area contributed by atoms with Crippen LogP contribution in [0.2, 0.25) is 0 Å². The van der Waals surface area contributed by atoms with E-state index in [2.05, 4.69) is 24.3 Å². The van der Waals surface area contributed by atoms with Crippen LogP contribution in [0.1, 0.15) is 11.1 Å². The molecule has 1 aliphatic rings. The molecule has 3 aromatic carbocycles. The molecule has 0 atom stereocenters. The highest BCUT2D eigenvalue weighted by atomic mass is 16.5. The zero-order valence-corrected chi connectivity index (χ0v) is 10.9. The summed E-state index contributed by atoms with van der Waals surface area (Å²) in [6.45, 7) is 0. The van der Waals surface area contributed by atoms with Gasteiger partial charge in [-0.1, -0.05) is 42.5 Å². The van der Waals surface area contributed by atoms with Crippen LogP contribution in [-0.2, 0) is 12.2 Å². The van der Waals surface area contributed by atoms with Crippen molar-refractivity contribution >= 4 is 21.5 Å². The van der Waals surface area contributed by atoms with Crippen molar-refractivity contribution in [1.82, 2.24) is 0 Å². The molecular formula is C18H14O2. The van der Waals surface area contributed by atoms with Crippen LogP contribution in [0.5, 0.6) is 0 Å². The smallest absolute Gasteiger partial charge is 0.210 e. The van der Waals surface area contributed by atoms with E-state index >= 15 is 0 Å². The van der Waals surface area contributed by atoms with Crippen molar-refractivity contribution in [2.24, 2.45) is 0 Å². The van der Waals surface area contributed by atoms with Gasteiger partial charge in [-0.2, -0.15) is 0 Å². The van der Waals surface area contributed by atoms with Crippen molar-refractivity contribution in [3.63, 3.8) is 0 Å². The molecule has 4 rings (SSSR count). The van der Waals surface area contributed by atoms with Gasteiger partial charge in [0.1, 0.15) is 0 Å². The monoisotopic (exact) mass is 262 g/mol. The third-order valence-electron chi connectivity index (χ3n) is 4.07. The van der Waals surface area contributed by atoms with Crippen LogP contribution in [-0.4, -0.2) is 10.2 Å². The Labute approximate surface area is 116 Å². The first-order valence-electron chi connectivity index (χ1n) is 6.72. The van der Waals surface area contributed by atoms with Crippen LogP contribution in [0.3, 0.4) is 0 Å². The van der Waals surface area contributed by atoms with Gasteiger partial charge in [-0.15, -0.1) is 0 Å². The molecule has 0 aliphatic heterocycles. The molecule has 0 radical (unpaired) electrons. The molecule has 2 nitrogen and oxygen atoms in total. The number of hydrogen-bond acceptors (Lipinski definition) is 2. The number of aliphatic hydroxyl groups is 2. The summed E-state index contributed by atoms with van der Waals surface area (Å²) in [6.07, 6.45) is 3.99. The molecule has 0 spiro atoms. The van der Waals surface area contributed by atoms with Gasteiger partial charge >= 0.3 is 0 Å². The van der Waals surface area contributed by atoms with E-state index in [1.54, 1.807) is 0 Å². The largest absolute Gasteiger partial charge is 0.359 e. The second kappa shape index (κ2) is 3.92. The molecule has 0 amide bonds. The number of benzene rings is 3. The molecule has 0 saturated carbocycles. The van der Waals surface area contributed by atoms with Crippen molar-refractivity contribution in [2.75, 3.05) is 0 Å². The van der Waals surface area contributed by atoms with E-state index in [9.17, 15) is 10.2 Å². The minimum Gasteiger partial charge on any atom is -0.359 e. The Morgan fingerprint density at radius 3 is 2.40 bits per heavy atom. The summed E-state index contributed by atoms with van der Waals surface area (Å²) in [7, 11) is 0. The van der Waals surface area contributed by atoms with Crippen molar-refractivity contribution in [2.45, 2.75) is 12.2 Å². The van der Waals surface area contributed by atoms with Crippen LogP contribution in [0.15, 0.2) is 60.7 Å². The third-order valence-corrected chi connectivity index (χ3v) is 4.07. The molecule has 3 aromatic rings. The number of allylic oxidation sites excluding steroid dienone is 1. The second-order valence-electron chi connectivity index (χ2n) is 5.34. The Hall–Kier alpha value is -2.16. The third kappa shape index (κ3) is 1.59. The SMILES string of the molecule is OC1(O)C=CCc2c1ccc1cc3ccccc3cc21. The van der Waals surface area contributed by atoms with Gasteiger partial charge in [-0.3, -0.25) is 0 Å². The lowest BCUT2D eigenvalue weighted by Crippen LogP contribution is -2.26. The average molecular weight is 262 g/mol. The van der Waals surface area contributed by atoms with E-state index in [0.717, 1.165) is 22.8 Å².